The number of carbonyl (C=O) groups is 1. The van der Waals surface area contributed by atoms with Gasteiger partial charge in [-0.05, 0) is 17.0 Å². The molecular formula is C14H17N4O3+. The third-order valence-electron chi connectivity index (χ3n) is 3.65. The van der Waals surface area contributed by atoms with Crippen molar-refractivity contribution in [1.82, 2.24) is 15.1 Å². The van der Waals surface area contributed by atoms with Crippen LogP contribution in [0, 0.1) is 0 Å². The number of aromatic nitrogens is 2. The van der Waals surface area contributed by atoms with E-state index in [1.165, 1.54) is 4.68 Å². The van der Waals surface area contributed by atoms with Gasteiger partial charge in [-0.3, -0.25) is 9.32 Å². The number of nitrogens with one attached hydrogen (secondary N) is 1. The maximum atomic E-state index is 12.6. The molecule has 21 heavy (non-hydrogen) atoms. The Morgan fingerprint density at radius 3 is 2.52 bits per heavy atom. The number of benzene rings is 1. The molecule has 1 saturated heterocycles. The zero-order valence-corrected chi connectivity index (χ0v) is 11.8. The number of nitrogens with zero attached hydrogens (tertiary/aromatic N) is 3. The third kappa shape index (κ3) is 2.59. The van der Waals surface area contributed by atoms with Gasteiger partial charge in [-0.25, -0.2) is 4.79 Å². The van der Waals surface area contributed by atoms with Crippen molar-refractivity contribution in [2.75, 3.05) is 33.2 Å². The number of hydrogen-bond donors (Lipinski definition) is 1. The van der Waals surface area contributed by atoms with Gasteiger partial charge in [0.2, 0.25) is 5.69 Å². The van der Waals surface area contributed by atoms with Gasteiger partial charge in [-0.1, -0.05) is 18.2 Å². The average Bonchev–Trinajstić information content (AvgIpc) is 2.90. The first-order valence-corrected chi connectivity index (χ1v) is 6.83. The Balaban J connectivity index is 1.94. The first-order chi connectivity index (χ1) is 10.2. The summed E-state index contributed by atoms with van der Waals surface area (Å²) in [7, 11) is 2.01. The van der Waals surface area contributed by atoms with Crippen molar-refractivity contribution in [3.63, 3.8) is 0 Å². The normalized spacial score (nSPS) is 16.1. The third-order valence-corrected chi connectivity index (χ3v) is 3.65. The smallest absolute Gasteiger partial charge is 0.331 e. The molecule has 1 aliphatic rings. The van der Waals surface area contributed by atoms with Crippen molar-refractivity contribution in [3.8, 4) is 5.69 Å². The van der Waals surface area contributed by atoms with Crippen LogP contribution in [0.25, 0.3) is 5.69 Å². The van der Waals surface area contributed by atoms with E-state index in [-0.39, 0.29) is 11.6 Å². The summed E-state index contributed by atoms with van der Waals surface area (Å²) in [5.41, 5.74) is 0.0364. The molecule has 0 bridgehead atoms. The van der Waals surface area contributed by atoms with Crippen LogP contribution in [-0.4, -0.2) is 54.2 Å². The van der Waals surface area contributed by atoms with Gasteiger partial charge in [0.25, 0.3) is 0 Å². The van der Waals surface area contributed by atoms with Gasteiger partial charge in [0.15, 0.2) is 0 Å². The van der Waals surface area contributed by atoms with Gasteiger partial charge >= 0.3 is 17.2 Å². The van der Waals surface area contributed by atoms with Gasteiger partial charge < -0.3 is 9.80 Å². The van der Waals surface area contributed by atoms with Crippen LogP contribution in [0.2, 0.25) is 0 Å². The Morgan fingerprint density at radius 1 is 1.19 bits per heavy atom. The SMILES string of the molecule is CN1CCN(C(=O)c2c(=O)o[nH][n+]2-c2ccccc2)CC1. The maximum absolute atomic E-state index is 12.6. The Hall–Kier alpha value is -2.41. The summed E-state index contributed by atoms with van der Waals surface area (Å²) in [6.45, 7) is 2.81. The second-order valence-electron chi connectivity index (χ2n) is 5.10. The van der Waals surface area contributed by atoms with E-state index < -0.39 is 5.63 Å². The van der Waals surface area contributed by atoms with Crippen LogP contribution in [0.3, 0.4) is 0 Å². The summed E-state index contributed by atoms with van der Waals surface area (Å²) >= 11 is 0. The molecular weight excluding hydrogens is 272 g/mol. The van der Waals surface area contributed by atoms with Crippen LogP contribution in [0.4, 0.5) is 0 Å². The van der Waals surface area contributed by atoms with E-state index in [0.29, 0.717) is 18.8 Å². The summed E-state index contributed by atoms with van der Waals surface area (Å²) < 4.78 is 6.20. The highest BCUT2D eigenvalue weighted by molar-refractivity contribution is 5.90. The van der Waals surface area contributed by atoms with E-state index in [2.05, 4.69) is 10.2 Å². The predicted molar refractivity (Wildman–Crippen MR) is 74.3 cm³/mol. The Labute approximate surface area is 121 Å². The summed E-state index contributed by atoms with van der Waals surface area (Å²) in [6, 6.07) is 9.12. The van der Waals surface area contributed by atoms with Gasteiger partial charge in [0, 0.05) is 38.3 Å². The van der Waals surface area contributed by atoms with Crippen LogP contribution in [0.5, 0.6) is 0 Å². The minimum absolute atomic E-state index is 0.00533. The molecule has 1 aromatic heterocycles. The molecule has 7 heteroatoms. The minimum atomic E-state index is -0.650. The molecule has 1 aromatic carbocycles. The lowest BCUT2D eigenvalue weighted by Gasteiger charge is -2.31. The molecule has 110 valence electrons. The molecule has 0 saturated carbocycles. The van der Waals surface area contributed by atoms with Gasteiger partial charge in [0.05, 0.1) is 0 Å². The van der Waals surface area contributed by atoms with Crippen LogP contribution in [0.15, 0.2) is 39.6 Å². The number of para-hydroxylation sites is 1. The molecule has 1 amide bonds. The molecule has 3 rings (SSSR count). The fourth-order valence-electron chi connectivity index (χ4n) is 2.37. The number of likely N-dealkylation sites (N-methyl/N-ethyl adjacent to an activating group) is 1. The first-order valence-electron chi connectivity index (χ1n) is 6.83. The molecule has 7 nitrogen and oxygen atoms in total. The molecule has 2 heterocycles. The lowest BCUT2D eigenvalue weighted by molar-refractivity contribution is -0.672. The van der Waals surface area contributed by atoms with Crippen LogP contribution in [-0.2, 0) is 0 Å². The highest BCUT2D eigenvalue weighted by Crippen LogP contribution is 2.04. The molecule has 2 aromatic rings. The lowest BCUT2D eigenvalue weighted by Crippen LogP contribution is -2.52. The second kappa shape index (κ2) is 5.53. The fourth-order valence-corrected chi connectivity index (χ4v) is 2.37. The largest absolute Gasteiger partial charge is 0.441 e. The molecule has 0 spiro atoms. The van der Waals surface area contributed by atoms with Crippen LogP contribution in [0.1, 0.15) is 10.5 Å². The van der Waals surface area contributed by atoms with Gasteiger partial charge in [-0.2, -0.15) is 0 Å². The zero-order chi connectivity index (χ0) is 14.8. The molecule has 1 aliphatic heterocycles. The van der Waals surface area contributed by atoms with Crippen molar-refractivity contribution in [3.05, 3.63) is 46.4 Å². The number of carbonyl (C=O) groups excluding carboxylic acids is 1. The minimum Gasteiger partial charge on any atom is -0.331 e. The van der Waals surface area contributed by atoms with E-state index in [1.54, 1.807) is 17.0 Å². The van der Waals surface area contributed by atoms with E-state index >= 15 is 0 Å². The van der Waals surface area contributed by atoms with E-state index in [4.69, 9.17) is 4.52 Å². The summed E-state index contributed by atoms with van der Waals surface area (Å²) in [5.74, 6) is -0.304. The number of hydrogen-bond acceptors (Lipinski definition) is 4. The maximum Gasteiger partial charge on any atom is 0.441 e. The molecule has 1 N–H and O–H groups in total. The number of H-pyrrole nitrogens is 1. The highest BCUT2D eigenvalue weighted by Gasteiger charge is 2.35. The monoisotopic (exact) mass is 289 g/mol. The van der Waals surface area contributed by atoms with Gasteiger partial charge in [-0.15, -0.1) is 0 Å². The van der Waals surface area contributed by atoms with Crippen molar-refractivity contribution >= 4 is 5.91 Å². The van der Waals surface area contributed by atoms with Crippen molar-refractivity contribution in [2.24, 2.45) is 0 Å². The first kappa shape index (κ1) is 13.6. The zero-order valence-electron chi connectivity index (χ0n) is 11.8. The molecule has 0 radical (unpaired) electrons. The predicted octanol–water partition coefficient (Wildman–Crippen LogP) is -0.368. The Bertz CT molecular complexity index is 684. The number of amides is 1. The molecule has 0 aliphatic carbocycles. The molecule has 0 unspecified atom stereocenters. The Kier molecular flexibility index (Phi) is 3.57. The van der Waals surface area contributed by atoms with E-state index in [9.17, 15) is 9.59 Å². The van der Waals surface area contributed by atoms with Gasteiger partial charge in [0.1, 0.15) is 0 Å². The van der Waals surface area contributed by atoms with Crippen molar-refractivity contribution in [1.29, 1.82) is 0 Å². The number of rotatable bonds is 2. The summed E-state index contributed by atoms with van der Waals surface area (Å²) in [5, 5.41) is 2.49. The van der Waals surface area contributed by atoms with E-state index in [1.807, 2.05) is 25.2 Å². The molecule has 0 atom stereocenters. The molecule has 1 fully saturated rings. The standard InChI is InChI=1S/C14H16N4O3/c1-16-7-9-17(10-8-16)13(19)12-14(20)21-15-18(12)11-5-3-2-4-6-11/h2-6H,7-10H2,1H3/p+1. The summed E-state index contributed by atoms with van der Waals surface area (Å²) in [6.07, 6.45) is 0. The quantitative estimate of drug-likeness (QED) is 0.766. The van der Waals surface area contributed by atoms with Crippen LogP contribution < -0.4 is 10.3 Å². The lowest BCUT2D eigenvalue weighted by atomic mass is 10.2. The fraction of sp³-hybridized carbons (Fsp3) is 0.357. The highest BCUT2D eigenvalue weighted by atomic mass is 16.5. The second-order valence-corrected chi connectivity index (χ2v) is 5.10. The average molecular weight is 289 g/mol. The number of aromatic amines is 1. The van der Waals surface area contributed by atoms with Crippen molar-refractivity contribution in [2.45, 2.75) is 0 Å². The summed E-state index contributed by atoms with van der Waals surface area (Å²) in [4.78, 5) is 28.3. The topological polar surface area (TPSA) is 73.4 Å². The van der Waals surface area contributed by atoms with Crippen molar-refractivity contribution < 1.29 is 14.0 Å². The number of piperazine rings is 1. The van der Waals surface area contributed by atoms with Crippen LogP contribution >= 0.6 is 0 Å². The van der Waals surface area contributed by atoms with E-state index in [0.717, 1.165) is 13.1 Å². The Morgan fingerprint density at radius 2 is 1.86 bits per heavy atom.